The number of benzene rings is 1. The molecule has 0 amide bonds. The highest BCUT2D eigenvalue weighted by atomic mass is 16.5. The van der Waals surface area contributed by atoms with Crippen LogP contribution in [0.3, 0.4) is 0 Å². The molecule has 3 nitrogen and oxygen atoms in total. The van der Waals surface area contributed by atoms with Gasteiger partial charge in [0, 0.05) is 6.54 Å². The Balaban J connectivity index is 3.00. The number of aliphatic imine (C=N–C) groups is 1. The molecule has 0 saturated heterocycles. The lowest BCUT2D eigenvalue weighted by molar-refractivity contribution is 0.339. The maximum absolute atomic E-state index is 5.81. The highest BCUT2D eigenvalue weighted by Gasteiger charge is 2.04. The van der Waals surface area contributed by atoms with Gasteiger partial charge in [-0.2, -0.15) is 0 Å². The van der Waals surface area contributed by atoms with Gasteiger partial charge >= 0.3 is 0 Å². The van der Waals surface area contributed by atoms with Crippen molar-refractivity contribution in [3.63, 3.8) is 0 Å². The summed E-state index contributed by atoms with van der Waals surface area (Å²) >= 11 is 0. The molecule has 0 aliphatic heterocycles. The SMILES string of the molecule is CCN=C(N)c1ccccc1OCC. The van der Waals surface area contributed by atoms with E-state index in [2.05, 4.69) is 4.99 Å². The quantitative estimate of drug-likeness (QED) is 0.584. The molecule has 1 rings (SSSR count). The summed E-state index contributed by atoms with van der Waals surface area (Å²) in [6.07, 6.45) is 0. The minimum Gasteiger partial charge on any atom is -0.493 e. The van der Waals surface area contributed by atoms with Crippen molar-refractivity contribution in [1.82, 2.24) is 0 Å². The van der Waals surface area contributed by atoms with Gasteiger partial charge in [-0.1, -0.05) is 12.1 Å². The summed E-state index contributed by atoms with van der Waals surface area (Å²) in [6.45, 7) is 5.22. The Bertz CT molecular complexity index is 321. The van der Waals surface area contributed by atoms with Gasteiger partial charge in [0.05, 0.1) is 12.2 Å². The molecule has 0 radical (unpaired) electrons. The number of nitrogens with zero attached hydrogens (tertiary/aromatic N) is 1. The average molecular weight is 192 g/mol. The fraction of sp³-hybridized carbons (Fsp3) is 0.364. The molecule has 76 valence electrons. The van der Waals surface area contributed by atoms with Gasteiger partial charge in [0.2, 0.25) is 0 Å². The van der Waals surface area contributed by atoms with Crippen LogP contribution in [0, 0.1) is 0 Å². The molecule has 14 heavy (non-hydrogen) atoms. The minimum absolute atomic E-state index is 0.538. The van der Waals surface area contributed by atoms with Crippen molar-refractivity contribution in [1.29, 1.82) is 0 Å². The Morgan fingerprint density at radius 1 is 1.36 bits per heavy atom. The summed E-state index contributed by atoms with van der Waals surface area (Å²) in [4.78, 5) is 4.15. The molecule has 2 N–H and O–H groups in total. The van der Waals surface area contributed by atoms with Crippen molar-refractivity contribution >= 4 is 5.84 Å². The number of para-hydroxylation sites is 1. The second-order valence-corrected chi connectivity index (χ2v) is 2.79. The van der Waals surface area contributed by atoms with E-state index in [9.17, 15) is 0 Å². The zero-order chi connectivity index (χ0) is 10.4. The van der Waals surface area contributed by atoms with E-state index in [0.29, 0.717) is 19.0 Å². The Morgan fingerprint density at radius 3 is 2.71 bits per heavy atom. The van der Waals surface area contributed by atoms with Crippen molar-refractivity contribution in [2.75, 3.05) is 13.2 Å². The fourth-order valence-electron chi connectivity index (χ4n) is 1.22. The summed E-state index contributed by atoms with van der Waals surface area (Å²) in [5, 5.41) is 0. The highest BCUT2D eigenvalue weighted by Crippen LogP contribution is 2.17. The Hall–Kier alpha value is -1.51. The van der Waals surface area contributed by atoms with Crippen LogP contribution in [0.25, 0.3) is 0 Å². The molecule has 1 aromatic rings. The lowest BCUT2D eigenvalue weighted by atomic mass is 10.2. The molecule has 0 bridgehead atoms. The summed E-state index contributed by atoms with van der Waals surface area (Å²) in [6, 6.07) is 7.67. The molecule has 1 aromatic carbocycles. The van der Waals surface area contributed by atoms with Gasteiger partial charge in [-0.15, -0.1) is 0 Å². The number of amidine groups is 1. The second kappa shape index (κ2) is 5.27. The third-order valence-corrected chi connectivity index (χ3v) is 1.79. The number of hydrogen-bond donors (Lipinski definition) is 1. The van der Waals surface area contributed by atoms with E-state index < -0.39 is 0 Å². The smallest absolute Gasteiger partial charge is 0.130 e. The first-order valence-electron chi connectivity index (χ1n) is 4.81. The molecule has 0 fully saturated rings. The van der Waals surface area contributed by atoms with E-state index in [0.717, 1.165) is 11.3 Å². The molecule has 0 heterocycles. The predicted octanol–water partition coefficient (Wildman–Crippen LogP) is 1.81. The lowest BCUT2D eigenvalue weighted by Gasteiger charge is -2.08. The second-order valence-electron chi connectivity index (χ2n) is 2.79. The number of hydrogen-bond acceptors (Lipinski definition) is 2. The van der Waals surface area contributed by atoms with E-state index in [1.807, 2.05) is 38.1 Å². The monoisotopic (exact) mass is 192 g/mol. The maximum Gasteiger partial charge on any atom is 0.130 e. The first kappa shape index (κ1) is 10.6. The normalized spacial score (nSPS) is 11.4. The van der Waals surface area contributed by atoms with E-state index in [-0.39, 0.29) is 0 Å². The van der Waals surface area contributed by atoms with E-state index in [1.54, 1.807) is 0 Å². The Labute approximate surface area is 84.6 Å². The van der Waals surface area contributed by atoms with E-state index in [1.165, 1.54) is 0 Å². The molecular weight excluding hydrogens is 176 g/mol. The Kier molecular flexibility index (Phi) is 3.98. The van der Waals surface area contributed by atoms with Crippen molar-refractivity contribution in [2.45, 2.75) is 13.8 Å². The zero-order valence-corrected chi connectivity index (χ0v) is 8.66. The van der Waals surface area contributed by atoms with Gasteiger partial charge in [0.1, 0.15) is 11.6 Å². The predicted molar refractivity (Wildman–Crippen MR) is 58.9 cm³/mol. The number of rotatable bonds is 4. The Morgan fingerprint density at radius 2 is 2.07 bits per heavy atom. The number of ether oxygens (including phenoxy) is 1. The standard InChI is InChI=1S/C11H16N2O/c1-3-13-11(12)9-7-5-6-8-10(9)14-4-2/h5-8H,3-4H2,1-2H3,(H2,12,13). The van der Waals surface area contributed by atoms with Crippen molar-refractivity contribution in [2.24, 2.45) is 10.7 Å². The van der Waals surface area contributed by atoms with Crippen molar-refractivity contribution in [3.8, 4) is 5.75 Å². The summed E-state index contributed by atoms with van der Waals surface area (Å²) < 4.78 is 5.44. The summed E-state index contributed by atoms with van der Waals surface area (Å²) in [7, 11) is 0. The van der Waals surface area contributed by atoms with E-state index >= 15 is 0 Å². The first-order valence-corrected chi connectivity index (χ1v) is 4.81. The van der Waals surface area contributed by atoms with Crippen LogP contribution >= 0.6 is 0 Å². The third kappa shape index (κ3) is 2.49. The van der Waals surface area contributed by atoms with Crippen molar-refractivity contribution < 1.29 is 4.74 Å². The molecular formula is C11H16N2O. The molecule has 0 saturated carbocycles. The van der Waals surface area contributed by atoms with Gasteiger partial charge < -0.3 is 10.5 Å². The zero-order valence-electron chi connectivity index (χ0n) is 8.66. The van der Waals surface area contributed by atoms with E-state index in [4.69, 9.17) is 10.5 Å². The molecule has 0 spiro atoms. The highest BCUT2D eigenvalue weighted by molar-refractivity contribution is 5.99. The third-order valence-electron chi connectivity index (χ3n) is 1.79. The molecule has 0 aliphatic carbocycles. The van der Waals surface area contributed by atoms with Crippen LogP contribution in [0.15, 0.2) is 29.3 Å². The summed E-state index contributed by atoms with van der Waals surface area (Å²) in [5.41, 5.74) is 6.68. The van der Waals surface area contributed by atoms with Crippen LogP contribution in [0.2, 0.25) is 0 Å². The minimum atomic E-state index is 0.538. The average Bonchev–Trinajstić information content (AvgIpc) is 2.19. The van der Waals surface area contributed by atoms with Crippen LogP contribution < -0.4 is 10.5 Å². The molecule has 0 atom stereocenters. The van der Waals surface area contributed by atoms with Gasteiger partial charge in [-0.05, 0) is 26.0 Å². The molecule has 0 aliphatic rings. The van der Waals surface area contributed by atoms with Gasteiger partial charge in [-0.25, -0.2) is 0 Å². The van der Waals surface area contributed by atoms with Gasteiger partial charge in [0.15, 0.2) is 0 Å². The van der Waals surface area contributed by atoms with Crippen LogP contribution in [0.1, 0.15) is 19.4 Å². The van der Waals surface area contributed by atoms with Crippen LogP contribution in [0.5, 0.6) is 5.75 Å². The molecule has 0 aromatic heterocycles. The first-order chi connectivity index (χ1) is 6.79. The van der Waals surface area contributed by atoms with Gasteiger partial charge in [-0.3, -0.25) is 4.99 Å². The molecule has 3 heteroatoms. The fourth-order valence-corrected chi connectivity index (χ4v) is 1.22. The van der Waals surface area contributed by atoms with Crippen molar-refractivity contribution in [3.05, 3.63) is 29.8 Å². The van der Waals surface area contributed by atoms with Crippen LogP contribution in [-0.2, 0) is 0 Å². The van der Waals surface area contributed by atoms with Crippen LogP contribution in [-0.4, -0.2) is 19.0 Å². The number of nitrogens with two attached hydrogens (primary N) is 1. The largest absolute Gasteiger partial charge is 0.493 e. The van der Waals surface area contributed by atoms with Crippen LogP contribution in [0.4, 0.5) is 0 Å². The topological polar surface area (TPSA) is 47.6 Å². The molecule has 0 unspecified atom stereocenters. The lowest BCUT2D eigenvalue weighted by Crippen LogP contribution is -2.15. The summed E-state index contributed by atoms with van der Waals surface area (Å²) in [5.74, 6) is 1.33. The van der Waals surface area contributed by atoms with Gasteiger partial charge in [0.25, 0.3) is 0 Å². The maximum atomic E-state index is 5.81.